The Balaban J connectivity index is 2.30. The summed E-state index contributed by atoms with van der Waals surface area (Å²) in [6.45, 7) is 6.42. The first kappa shape index (κ1) is 15.5. The summed E-state index contributed by atoms with van der Waals surface area (Å²) < 4.78 is 25.4. The monoisotopic (exact) mass is 296 g/mol. The molecule has 3 atom stereocenters. The van der Waals surface area contributed by atoms with E-state index in [0.717, 1.165) is 6.42 Å². The van der Waals surface area contributed by atoms with E-state index in [9.17, 15) is 13.5 Å². The average Bonchev–Trinajstić information content (AvgIpc) is 2.38. The predicted octanol–water partition coefficient (Wildman–Crippen LogP) is 3.04. The van der Waals surface area contributed by atoms with Gasteiger partial charge < -0.3 is 5.11 Å². The van der Waals surface area contributed by atoms with Gasteiger partial charge in [-0.15, -0.1) is 0 Å². The van der Waals surface area contributed by atoms with Crippen molar-refractivity contribution >= 4 is 9.84 Å². The van der Waals surface area contributed by atoms with Gasteiger partial charge in [0.05, 0.1) is 16.2 Å². The maximum atomic E-state index is 12.7. The van der Waals surface area contributed by atoms with Gasteiger partial charge in [0, 0.05) is 0 Å². The van der Waals surface area contributed by atoms with E-state index in [1.54, 1.807) is 30.3 Å². The molecule has 0 spiro atoms. The molecule has 0 amide bonds. The molecule has 1 aromatic carbocycles. The number of aliphatic hydroxyl groups excluding tert-OH is 1. The van der Waals surface area contributed by atoms with Crippen LogP contribution in [0.2, 0.25) is 0 Å². The molecule has 1 aromatic rings. The Labute approximate surface area is 121 Å². The first-order valence-corrected chi connectivity index (χ1v) is 8.74. The molecule has 2 rings (SSSR count). The number of sulfone groups is 1. The van der Waals surface area contributed by atoms with Crippen molar-refractivity contribution in [3.63, 3.8) is 0 Å². The van der Waals surface area contributed by atoms with Gasteiger partial charge >= 0.3 is 0 Å². The van der Waals surface area contributed by atoms with Crippen molar-refractivity contribution in [1.29, 1.82) is 0 Å². The van der Waals surface area contributed by atoms with Crippen LogP contribution in [0.5, 0.6) is 0 Å². The minimum Gasteiger partial charge on any atom is -0.392 e. The fourth-order valence-corrected chi connectivity index (χ4v) is 4.94. The minimum atomic E-state index is -3.45. The van der Waals surface area contributed by atoms with Gasteiger partial charge in [-0.1, -0.05) is 39.0 Å². The number of hydrogen-bond acceptors (Lipinski definition) is 3. The van der Waals surface area contributed by atoms with Gasteiger partial charge in [0.2, 0.25) is 0 Å². The minimum absolute atomic E-state index is 0.0740. The highest BCUT2D eigenvalue weighted by Crippen LogP contribution is 2.41. The lowest BCUT2D eigenvalue weighted by Crippen LogP contribution is -2.42. The fraction of sp³-hybridized carbons (Fsp3) is 0.625. The largest absolute Gasteiger partial charge is 0.392 e. The molecule has 0 bridgehead atoms. The van der Waals surface area contributed by atoms with Gasteiger partial charge in [0.1, 0.15) is 0 Å². The molecule has 0 aliphatic heterocycles. The molecule has 1 fully saturated rings. The third-order valence-corrected chi connectivity index (χ3v) is 6.68. The normalized spacial score (nSPS) is 28.3. The summed E-state index contributed by atoms with van der Waals surface area (Å²) in [5.74, 6) is 0.328. The summed E-state index contributed by atoms with van der Waals surface area (Å²) in [7, 11) is -3.45. The molecule has 4 heteroatoms. The summed E-state index contributed by atoms with van der Waals surface area (Å²) in [4.78, 5) is 0.318. The second kappa shape index (κ2) is 5.49. The number of hydrogen-bond donors (Lipinski definition) is 1. The summed E-state index contributed by atoms with van der Waals surface area (Å²) >= 11 is 0. The Bertz CT molecular complexity index is 543. The van der Waals surface area contributed by atoms with Crippen molar-refractivity contribution < 1.29 is 13.5 Å². The van der Waals surface area contributed by atoms with E-state index in [-0.39, 0.29) is 5.41 Å². The van der Waals surface area contributed by atoms with Crippen LogP contribution in [0.15, 0.2) is 35.2 Å². The molecule has 1 aliphatic rings. The van der Waals surface area contributed by atoms with Crippen molar-refractivity contribution in [1.82, 2.24) is 0 Å². The Morgan fingerprint density at radius 2 is 1.70 bits per heavy atom. The fourth-order valence-electron chi connectivity index (χ4n) is 3.02. The standard InChI is InChI=1S/C16H24O3S/c1-16(2,3)12-9-10-14(17)15(11-12)20(18,19)13-7-5-4-6-8-13/h4-8,12,14-15,17H,9-11H2,1-3H3/t12-,14+,15-/m0/s1. The van der Waals surface area contributed by atoms with Crippen LogP contribution in [-0.2, 0) is 9.84 Å². The Kier molecular flexibility index (Phi) is 4.26. The van der Waals surface area contributed by atoms with Crippen LogP contribution >= 0.6 is 0 Å². The van der Waals surface area contributed by atoms with Crippen molar-refractivity contribution in [2.45, 2.75) is 56.3 Å². The van der Waals surface area contributed by atoms with E-state index in [4.69, 9.17) is 0 Å². The summed E-state index contributed by atoms with van der Waals surface area (Å²) in [6.07, 6.45) is 1.25. The zero-order chi connectivity index (χ0) is 15.0. The summed E-state index contributed by atoms with van der Waals surface area (Å²) in [5.41, 5.74) is 0.0740. The van der Waals surface area contributed by atoms with Crippen LogP contribution < -0.4 is 0 Å². The first-order chi connectivity index (χ1) is 9.23. The smallest absolute Gasteiger partial charge is 0.183 e. The molecule has 0 aromatic heterocycles. The average molecular weight is 296 g/mol. The van der Waals surface area contributed by atoms with E-state index in [0.29, 0.717) is 23.7 Å². The van der Waals surface area contributed by atoms with Crippen molar-refractivity contribution in [3.05, 3.63) is 30.3 Å². The first-order valence-electron chi connectivity index (χ1n) is 7.20. The van der Waals surface area contributed by atoms with Gasteiger partial charge in [-0.2, -0.15) is 0 Å². The van der Waals surface area contributed by atoms with E-state index in [1.807, 2.05) is 0 Å². The van der Waals surface area contributed by atoms with Crippen LogP contribution in [0, 0.1) is 11.3 Å². The lowest BCUT2D eigenvalue weighted by atomic mass is 9.71. The molecule has 3 nitrogen and oxygen atoms in total. The summed E-state index contributed by atoms with van der Waals surface area (Å²) in [5, 5.41) is 9.49. The maximum Gasteiger partial charge on any atom is 0.183 e. The van der Waals surface area contributed by atoms with Crippen LogP contribution in [0.4, 0.5) is 0 Å². The van der Waals surface area contributed by atoms with Crippen molar-refractivity contribution in [2.24, 2.45) is 11.3 Å². The van der Waals surface area contributed by atoms with Crippen LogP contribution in [0.25, 0.3) is 0 Å². The highest BCUT2D eigenvalue weighted by Gasteiger charge is 2.42. The zero-order valence-corrected chi connectivity index (χ0v) is 13.2. The molecule has 0 saturated heterocycles. The van der Waals surface area contributed by atoms with Gasteiger partial charge in [-0.25, -0.2) is 8.42 Å². The van der Waals surface area contributed by atoms with E-state index in [2.05, 4.69) is 20.8 Å². The Hall–Kier alpha value is -0.870. The molecular weight excluding hydrogens is 272 g/mol. The SMILES string of the molecule is CC(C)(C)[C@H]1CC[C@@H](O)[C@@H](S(=O)(=O)c2ccccc2)C1. The highest BCUT2D eigenvalue weighted by molar-refractivity contribution is 7.92. The van der Waals surface area contributed by atoms with Gasteiger partial charge in [0.25, 0.3) is 0 Å². The number of aliphatic hydroxyl groups is 1. The number of benzene rings is 1. The van der Waals surface area contributed by atoms with Crippen LogP contribution in [0.1, 0.15) is 40.0 Å². The molecule has 20 heavy (non-hydrogen) atoms. The molecule has 0 radical (unpaired) electrons. The second-order valence-corrected chi connectivity index (χ2v) is 9.01. The van der Waals surface area contributed by atoms with E-state index >= 15 is 0 Å². The van der Waals surface area contributed by atoms with E-state index < -0.39 is 21.2 Å². The van der Waals surface area contributed by atoms with Gasteiger partial charge in [0.15, 0.2) is 9.84 Å². The number of rotatable bonds is 2. The van der Waals surface area contributed by atoms with Gasteiger partial charge in [-0.05, 0) is 42.7 Å². The third kappa shape index (κ3) is 3.07. The maximum absolute atomic E-state index is 12.7. The summed E-state index contributed by atoms with van der Waals surface area (Å²) in [6, 6.07) is 8.48. The molecule has 0 unspecified atom stereocenters. The molecule has 1 aliphatic carbocycles. The third-order valence-electron chi connectivity index (χ3n) is 4.45. The topological polar surface area (TPSA) is 54.4 Å². The zero-order valence-electron chi connectivity index (χ0n) is 12.4. The Morgan fingerprint density at radius 1 is 1.10 bits per heavy atom. The second-order valence-electron chi connectivity index (χ2n) is 6.84. The molecule has 112 valence electrons. The lowest BCUT2D eigenvalue weighted by Gasteiger charge is -2.39. The van der Waals surface area contributed by atoms with E-state index in [1.165, 1.54) is 0 Å². The predicted molar refractivity (Wildman–Crippen MR) is 80.2 cm³/mol. The molecule has 0 heterocycles. The van der Waals surface area contributed by atoms with Crippen molar-refractivity contribution in [2.75, 3.05) is 0 Å². The quantitative estimate of drug-likeness (QED) is 0.912. The van der Waals surface area contributed by atoms with Crippen LogP contribution in [0.3, 0.4) is 0 Å². The van der Waals surface area contributed by atoms with Crippen LogP contribution in [-0.4, -0.2) is 24.9 Å². The lowest BCUT2D eigenvalue weighted by molar-refractivity contribution is 0.0757. The van der Waals surface area contributed by atoms with Crippen molar-refractivity contribution in [3.8, 4) is 0 Å². The molecular formula is C16H24O3S. The highest BCUT2D eigenvalue weighted by atomic mass is 32.2. The molecule has 1 saturated carbocycles. The Morgan fingerprint density at radius 3 is 2.25 bits per heavy atom. The van der Waals surface area contributed by atoms with Gasteiger partial charge in [-0.3, -0.25) is 0 Å². The molecule has 1 N–H and O–H groups in total.